The smallest absolute Gasteiger partial charge is 0.133 e. The molecule has 156 valence electrons. The first-order valence-electron chi connectivity index (χ1n) is 11.6. The molecule has 1 aliphatic heterocycles. The Bertz CT molecular complexity index is 1010. The molecule has 30 heavy (non-hydrogen) atoms. The summed E-state index contributed by atoms with van der Waals surface area (Å²) >= 11 is 0. The van der Waals surface area contributed by atoms with Crippen molar-refractivity contribution in [3.8, 4) is 0 Å². The van der Waals surface area contributed by atoms with E-state index in [1.165, 1.54) is 53.5 Å². The minimum Gasteiger partial charge on any atom is -0.366 e. The summed E-state index contributed by atoms with van der Waals surface area (Å²) in [4.78, 5) is 0. The van der Waals surface area contributed by atoms with Gasteiger partial charge in [0, 0.05) is 24.2 Å². The molecule has 0 radical (unpaired) electrons. The van der Waals surface area contributed by atoms with E-state index in [2.05, 4.69) is 79.9 Å². The number of hydrogen-bond donors (Lipinski definition) is 1. The molecule has 0 amide bonds. The molecule has 1 saturated carbocycles. The standard InChI is InChI=1S/C27H33N3/c1-4-27(12-13-27)15-20-8-10-21(11-9-20)24-16-28-26-25(17-29-30(26)18-24)23-7-5-6-22(14-23)19(2)3/h5-6,8-11,14,17-19,23,28H,4,7,12-13,15-16H2,1-3H3. The SMILES string of the molecule is CCC1(Cc2ccc(C3=Cn4ncc(C5C=C(C(C)C)C=CC5)c4NC3)cc2)CC1. The molecule has 1 aromatic carbocycles. The molecule has 1 unspecified atom stereocenters. The number of rotatable bonds is 6. The van der Waals surface area contributed by atoms with E-state index >= 15 is 0 Å². The highest BCUT2D eigenvalue weighted by molar-refractivity contribution is 5.82. The van der Waals surface area contributed by atoms with Gasteiger partial charge in [-0.2, -0.15) is 5.10 Å². The Balaban J connectivity index is 1.35. The van der Waals surface area contributed by atoms with Crippen LogP contribution >= 0.6 is 0 Å². The lowest BCUT2D eigenvalue weighted by atomic mass is 9.87. The van der Waals surface area contributed by atoms with Crippen LogP contribution in [0, 0.1) is 11.3 Å². The van der Waals surface area contributed by atoms with Crippen molar-refractivity contribution in [2.24, 2.45) is 11.3 Å². The fraction of sp³-hybridized carbons (Fsp3) is 0.444. The molecule has 2 aliphatic carbocycles. The van der Waals surface area contributed by atoms with E-state index in [-0.39, 0.29) is 0 Å². The Morgan fingerprint density at radius 3 is 2.70 bits per heavy atom. The predicted octanol–water partition coefficient (Wildman–Crippen LogP) is 6.67. The van der Waals surface area contributed by atoms with Crippen molar-refractivity contribution >= 4 is 17.6 Å². The summed E-state index contributed by atoms with van der Waals surface area (Å²) in [5.41, 5.74) is 7.39. The van der Waals surface area contributed by atoms with Gasteiger partial charge in [-0.05, 0) is 59.3 Å². The summed E-state index contributed by atoms with van der Waals surface area (Å²) in [6.07, 6.45) is 17.6. The Morgan fingerprint density at radius 2 is 2.00 bits per heavy atom. The third kappa shape index (κ3) is 3.66. The van der Waals surface area contributed by atoms with Crippen molar-refractivity contribution in [1.29, 1.82) is 0 Å². The molecule has 5 rings (SSSR count). The molecule has 0 spiro atoms. The van der Waals surface area contributed by atoms with Gasteiger partial charge in [0.2, 0.25) is 0 Å². The monoisotopic (exact) mass is 399 g/mol. The highest BCUT2D eigenvalue weighted by Crippen LogP contribution is 2.51. The van der Waals surface area contributed by atoms with Gasteiger partial charge in [-0.3, -0.25) is 0 Å². The van der Waals surface area contributed by atoms with Gasteiger partial charge in [-0.25, -0.2) is 4.68 Å². The Kier molecular flexibility index (Phi) is 4.92. The zero-order valence-corrected chi connectivity index (χ0v) is 18.5. The molecule has 1 fully saturated rings. The number of aromatic nitrogens is 2. The second kappa shape index (κ2) is 7.61. The van der Waals surface area contributed by atoms with Crippen molar-refractivity contribution < 1.29 is 0 Å². The van der Waals surface area contributed by atoms with Gasteiger partial charge in [0.1, 0.15) is 5.82 Å². The minimum absolute atomic E-state index is 0.409. The molecule has 1 aromatic heterocycles. The summed E-state index contributed by atoms with van der Waals surface area (Å²) in [7, 11) is 0. The van der Waals surface area contributed by atoms with Gasteiger partial charge in [0.25, 0.3) is 0 Å². The Morgan fingerprint density at radius 1 is 1.20 bits per heavy atom. The molecule has 1 N–H and O–H groups in total. The second-order valence-electron chi connectivity index (χ2n) is 9.69. The number of benzene rings is 1. The van der Waals surface area contributed by atoms with E-state index in [1.807, 2.05) is 10.9 Å². The predicted molar refractivity (Wildman–Crippen MR) is 126 cm³/mol. The quantitative estimate of drug-likeness (QED) is 0.588. The average molecular weight is 400 g/mol. The summed E-state index contributed by atoms with van der Waals surface area (Å²) in [5, 5.41) is 8.34. The van der Waals surface area contributed by atoms with Crippen LogP contribution in [-0.4, -0.2) is 16.3 Å². The van der Waals surface area contributed by atoms with Gasteiger partial charge in [-0.15, -0.1) is 0 Å². The van der Waals surface area contributed by atoms with Crippen LogP contribution in [0.2, 0.25) is 0 Å². The fourth-order valence-electron chi connectivity index (χ4n) is 4.89. The largest absolute Gasteiger partial charge is 0.366 e. The van der Waals surface area contributed by atoms with Crippen molar-refractivity contribution in [3.05, 3.63) is 71.0 Å². The van der Waals surface area contributed by atoms with Crippen LogP contribution in [0.15, 0.2) is 54.3 Å². The van der Waals surface area contributed by atoms with E-state index in [9.17, 15) is 0 Å². The van der Waals surface area contributed by atoms with Crippen molar-refractivity contribution in [1.82, 2.24) is 9.78 Å². The van der Waals surface area contributed by atoms with Crippen LogP contribution in [0.1, 0.15) is 69.1 Å². The molecule has 0 saturated heterocycles. The molecule has 3 nitrogen and oxygen atoms in total. The summed E-state index contributed by atoms with van der Waals surface area (Å²) < 4.78 is 2.03. The average Bonchev–Trinajstić information content (AvgIpc) is 3.42. The van der Waals surface area contributed by atoms with Gasteiger partial charge < -0.3 is 5.32 Å². The van der Waals surface area contributed by atoms with Crippen LogP contribution in [0.25, 0.3) is 11.8 Å². The van der Waals surface area contributed by atoms with Crippen LogP contribution < -0.4 is 5.32 Å². The van der Waals surface area contributed by atoms with E-state index in [0.717, 1.165) is 18.8 Å². The topological polar surface area (TPSA) is 29.9 Å². The summed E-state index contributed by atoms with van der Waals surface area (Å²) in [6.45, 7) is 7.70. The first-order chi connectivity index (χ1) is 14.6. The maximum atomic E-state index is 4.69. The zero-order chi connectivity index (χ0) is 20.7. The molecule has 2 aromatic rings. The maximum absolute atomic E-state index is 4.69. The van der Waals surface area contributed by atoms with Gasteiger partial charge in [-0.1, -0.05) is 69.7 Å². The molecular weight excluding hydrogens is 366 g/mol. The van der Waals surface area contributed by atoms with E-state index in [0.29, 0.717) is 17.3 Å². The molecule has 2 heterocycles. The number of hydrogen-bond acceptors (Lipinski definition) is 2. The first-order valence-corrected chi connectivity index (χ1v) is 11.6. The van der Waals surface area contributed by atoms with E-state index in [1.54, 1.807) is 0 Å². The minimum atomic E-state index is 0.409. The molecule has 3 aliphatic rings. The number of nitrogens with one attached hydrogen (secondary N) is 1. The Labute approximate surface area is 180 Å². The van der Waals surface area contributed by atoms with Gasteiger partial charge in [0.05, 0.1) is 6.20 Å². The highest BCUT2D eigenvalue weighted by atomic mass is 15.3. The first kappa shape index (κ1) is 19.4. The van der Waals surface area contributed by atoms with Crippen LogP contribution in [0.3, 0.4) is 0 Å². The normalized spacial score (nSPS) is 21.7. The van der Waals surface area contributed by atoms with E-state index < -0.39 is 0 Å². The van der Waals surface area contributed by atoms with E-state index in [4.69, 9.17) is 0 Å². The number of anilines is 1. The third-order valence-corrected chi connectivity index (χ3v) is 7.32. The highest BCUT2D eigenvalue weighted by Gasteiger charge is 2.40. The third-order valence-electron chi connectivity index (χ3n) is 7.32. The molecular formula is C27H33N3. The number of nitrogens with zero attached hydrogens (tertiary/aromatic N) is 2. The van der Waals surface area contributed by atoms with Crippen molar-refractivity contribution in [2.45, 2.75) is 58.8 Å². The lowest BCUT2D eigenvalue weighted by molar-refractivity contribution is 0.488. The lowest BCUT2D eigenvalue weighted by Gasteiger charge is -2.22. The van der Waals surface area contributed by atoms with Crippen molar-refractivity contribution in [2.75, 3.05) is 11.9 Å². The summed E-state index contributed by atoms with van der Waals surface area (Å²) in [5.74, 6) is 2.12. The van der Waals surface area contributed by atoms with Gasteiger partial charge in [0.15, 0.2) is 0 Å². The van der Waals surface area contributed by atoms with Crippen LogP contribution in [0.5, 0.6) is 0 Å². The molecule has 3 heteroatoms. The number of fused-ring (bicyclic) bond motifs is 1. The lowest BCUT2D eigenvalue weighted by Crippen LogP contribution is -2.16. The molecule has 0 bridgehead atoms. The molecule has 1 atom stereocenters. The maximum Gasteiger partial charge on any atom is 0.133 e. The van der Waals surface area contributed by atoms with Crippen molar-refractivity contribution in [3.63, 3.8) is 0 Å². The Hall–Kier alpha value is -2.55. The van der Waals surface area contributed by atoms with Crippen LogP contribution in [0.4, 0.5) is 5.82 Å². The number of allylic oxidation sites excluding steroid dienone is 4. The summed E-state index contributed by atoms with van der Waals surface area (Å²) in [6, 6.07) is 9.21. The van der Waals surface area contributed by atoms with Gasteiger partial charge >= 0.3 is 0 Å². The van der Waals surface area contributed by atoms with Crippen LogP contribution in [-0.2, 0) is 6.42 Å². The fourth-order valence-corrected chi connectivity index (χ4v) is 4.89. The second-order valence-corrected chi connectivity index (χ2v) is 9.69. The zero-order valence-electron chi connectivity index (χ0n) is 18.5.